The summed E-state index contributed by atoms with van der Waals surface area (Å²) in [7, 11) is 0. The lowest BCUT2D eigenvalue weighted by Gasteiger charge is -2.04. The van der Waals surface area contributed by atoms with Gasteiger partial charge in [0.15, 0.2) is 0 Å². The van der Waals surface area contributed by atoms with Crippen LogP contribution in [0.25, 0.3) is 0 Å². The van der Waals surface area contributed by atoms with Crippen LogP contribution in [-0.4, -0.2) is 4.98 Å². The van der Waals surface area contributed by atoms with Crippen molar-refractivity contribution in [2.45, 2.75) is 9.92 Å². The molecule has 2 aromatic rings. The molecule has 0 aliphatic rings. The minimum atomic E-state index is 0.644. The van der Waals surface area contributed by atoms with Crippen LogP contribution in [0.1, 0.15) is 0 Å². The number of benzene rings is 1. The fourth-order valence-corrected chi connectivity index (χ4v) is 2.34. The molecule has 0 spiro atoms. The van der Waals surface area contributed by atoms with Gasteiger partial charge in [-0.2, -0.15) is 0 Å². The van der Waals surface area contributed by atoms with Gasteiger partial charge in [0.1, 0.15) is 5.03 Å². The van der Waals surface area contributed by atoms with E-state index in [9.17, 15) is 0 Å². The average Bonchev–Trinajstić information content (AvgIpc) is 2.25. The Hall–Kier alpha value is -0.710. The topological polar surface area (TPSA) is 38.9 Å². The van der Waals surface area contributed by atoms with E-state index in [2.05, 4.69) is 20.9 Å². The second kappa shape index (κ2) is 5.08. The lowest BCUT2D eigenvalue weighted by molar-refractivity contribution is 1.12. The summed E-state index contributed by atoms with van der Waals surface area (Å²) in [5.41, 5.74) is 6.53. The van der Waals surface area contributed by atoms with Crippen molar-refractivity contribution in [3.63, 3.8) is 0 Å². The van der Waals surface area contributed by atoms with Gasteiger partial charge in [0.05, 0.1) is 0 Å². The first-order valence-corrected chi connectivity index (χ1v) is 6.48. The Morgan fingerprint density at radius 1 is 1.25 bits per heavy atom. The normalized spacial score (nSPS) is 10.4. The van der Waals surface area contributed by atoms with Gasteiger partial charge in [-0.15, -0.1) is 0 Å². The van der Waals surface area contributed by atoms with Gasteiger partial charge >= 0.3 is 0 Å². The van der Waals surface area contributed by atoms with Gasteiger partial charge in [0.25, 0.3) is 0 Å². The van der Waals surface area contributed by atoms with E-state index in [4.69, 9.17) is 17.3 Å². The SMILES string of the molecule is Nc1cc(Cl)ccc1Sc1ccc(Br)cn1. The molecule has 0 bridgehead atoms. The largest absolute Gasteiger partial charge is 0.398 e. The summed E-state index contributed by atoms with van der Waals surface area (Å²) in [6.07, 6.45) is 1.76. The highest BCUT2D eigenvalue weighted by Gasteiger charge is 2.03. The highest BCUT2D eigenvalue weighted by molar-refractivity contribution is 9.10. The number of nitrogens with zero attached hydrogens (tertiary/aromatic N) is 1. The van der Waals surface area contributed by atoms with Crippen molar-refractivity contribution in [2.24, 2.45) is 0 Å². The molecule has 0 radical (unpaired) electrons. The van der Waals surface area contributed by atoms with Crippen molar-refractivity contribution >= 4 is 45.0 Å². The highest BCUT2D eigenvalue weighted by Crippen LogP contribution is 2.32. The van der Waals surface area contributed by atoms with Crippen LogP contribution in [0, 0.1) is 0 Å². The molecule has 0 fully saturated rings. The van der Waals surface area contributed by atoms with Crippen LogP contribution in [0.4, 0.5) is 5.69 Å². The number of rotatable bonds is 2. The maximum atomic E-state index is 5.86. The molecular weight excluding hydrogens is 308 g/mol. The van der Waals surface area contributed by atoms with Gasteiger partial charge in [-0.1, -0.05) is 23.4 Å². The Morgan fingerprint density at radius 3 is 2.69 bits per heavy atom. The van der Waals surface area contributed by atoms with Gasteiger partial charge in [0.2, 0.25) is 0 Å². The van der Waals surface area contributed by atoms with Crippen molar-refractivity contribution in [3.8, 4) is 0 Å². The van der Waals surface area contributed by atoms with E-state index in [1.165, 1.54) is 11.8 Å². The number of halogens is 2. The van der Waals surface area contributed by atoms with Gasteiger partial charge in [-0.05, 0) is 46.3 Å². The smallest absolute Gasteiger partial charge is 0.101 e. The summed E-state index contributed by atoms with van der Waals surface area (Å²) in [4.78, 5) is 5.22. The number of hydrogen-bond donors (Lipinski definition) is 1. The molecule has 0 aliphatic carbocycles. The lowest BCUT2D eigenvalue weighted by Crippen LogP contribution is -1.88. The first-order chi connectivity index (χ1) is 7.65. The van der Waals surface area contributed by atoms with Crippen molar-refractivity contribution < 1.29 is 0 Å². The predicted molar refractivity (Wildman–Crippen MR) is 71.9 cm³/mol. The number of anilines is 1. The zero-order chi connectivity index (χ0) is 11.5. The van der Waals surface area contributed by atoms with Gasteiger partial charge in [0, 0.05) is 26.3 Å². The van der Waals surface area contributed by atoms with E-state index in [1.807, 2.05) is 24.3 Å². The maximum Gasteiger partial charge on any atom is 0.101 e. The summed E-state index contributed by atoms with van der Waals surface area (Å²) >= 11 is 10.7. The summed E-state index contributed by atoms with van der Waals surface area (Å²) in [5.74, 6) is 0. The van der Waals surface area contributed by atoms with Crippen molar-refractivity contribution in [2.75, 3.05) is 5.73 Å². The Bertz CT molecular complexity index is 502. The molecule has 2 rings (SSSR count). The molecule has 0 saturated heterocycles. The summed E-state index contributed by atoms with van der Waals surface area (Å²) in [6, 6.07) is 9.33. The van der Waals surface area contributed by atoms with Crippen LogP contribution >= 0.6 is 39.3 Å². The highest BCUT2D eigenvalue weighted by atomic mass is 79.9. The monoisotopic (exact) mass is 314 g/mol. The van der Waals surface area contributed by atoms with Gasteiger partial charge < -0.3 is 5.73 Å². The third-order valence-corrected chi connectivity index (χ3v) is 3.63. The van der Waals surface area contributed by atoms with Crippen LogP contribution in [0.15, 0.2) is 50.9 Å². The molecule has 0 atom stereocenters. The number of nitrogens with two attached hydrogens (primary N) is 1. The van der Waals surface area contributed by atoms with E-state index >= 15 is 0 Å². The van der Waals surface area contributed by atoms with Crippen molar-refractivity contribution in [3.05, 3.63) is 46.0 Å². The molecule has 16 heavy (non-hydrogen) atoms. The van der Waals surface area contributed by atoms with Crippen molar-refractivity contribution in [1.29, 1.82) is 0 Å². The van der Waals surface area contributed by atoms with E-state index < -0.39 is 0 Å². The Kier molecular flexibility index (Phi) is 3.74. The zero-order valence-corrected chi connectivity index (χ0v) is 11.3. The molecule has 0 amide bonds. The maximum absolute atomic E-state index is 5.86. The predicted octanol–water partition coefficient (Wildman–Crippen LogP) is 4.23. The molecule has 2 N–H and O–H groups in total. The van der Waals surface area contributed by atoms with Gasteiger partial charge in [-0.25, -0.2) is 4.98 Å². The van der Waals surface area contributed by atoms with Crippen LogP contribution in [-0.2, 0) is 0 Å². The molecule has 1 heterocycles. The molecule has 0 saturated carbocycles. The second-order valence-electron chi connectivity index (χ2n) is 3.10. The summed E-state index contributed by atoms with van der Waals surface area (Å²) in [6.45, 7) is 0. The molecule has 1 aromatic heterocycles. The molecule has 0 aliphatic heterocycles. The zero-order valence-electron chi connectivity index (χ0n) is 8.15. The average molecular weight is 316 g/mol. The molecule has 82 valence electrons. The van der Waals surface area contributed by atoms with Crippen molar-refractivity contribution in [1.82, 2.24) is 4.98 Å². The summed E-state index contributed by atoms with van der Waals surface area (Å²) in [5, 5.41) is 1.54. The standard InChI is InChI=1S/C11H8BrClN2S/c12-7-1-4-11(15-6-7)16-10-3-2-8(13)5-9(10)14/h1-6H,14H2. The molecule has 5 heteroatoms. The molecular formula is C11H8BrClN2S. The molecule has 0 unspecified atom stereocenters. The van der Waals surface area contributed by atoms with E-state index in [0.717, 1.165) is 14.4 Å². The summed E-state index contributed by atoms with van der Waals surface area (Å²) < 4.78 is 0.959. The molecule has 2 nitrogen and oxygen atoms in total. The van der Waals surface area contributed by atoms with E-state index in [0.29, 0.717) is 10.7 Å². The Morgan fingerprint density at radius 2 is 2.06 bits per heavy atom. The van der Waals surface area contributed by atoms with Crippen LogP contribution < -0.4 is 5.73 Å². The Balaban J connectivity index is 2.23. The van der Waals surface area contributed by atoms with Crippen LogP contribution in [0.2, 0.25) is 5.02 Å². The minimum absolute atomic E-state index is 0.644. The first kappa shape index (κ1) is 11.8. The number of nitrogen functional groups attached to an aromatic ring is 1. The van der Waals surface area contributed by atoms with Crippen LogP contribution in [0.5, 0.6) is 0 Å². The number of pyridine rings is 1. The molecule has 1 aromatic carbocycles. The second-order valence-corrected chi connectivity index (χ2v) is 5.51. The third-order valence-electron chi connectivity index (χ3n) is 1.89. The fraction of sp³-hybridized carbons (Fsp3) is 0. The first-order valence-electron chi connectivity index (χ1n) is 4.49. The van der Waals surface area contributed by atoms with Gasteiger partial charge in [-0.3, -0.25) is 0 Å². The quantitative estimate of drug-likeness (QED) is 0.843. The minimum Gasteiger partial charge on any atom is -0.398 e. The van der Waals surface area contributed by atoms with Crippen LogP contribution in [0.3, 0.4) is 0 Å². The lowest BCUT2D eigenvalue weighted by atomic mass is 10.3. The number of hydrogen-bond acceptors (Lipinski definition) is 3. The fourth-order valence-electron chi connectivity index (χ4n) is 1.15. The van der Waals surface area contributed by atoms with E-state index in [-0.39, 0.29) is 0 Å². The third kappa shape index (κ3) is 2.90. The Labute approximate surface area is 111 Å². The number of aromatic nitrogens is 1. The van der Waals surface area contributed by atoms with E-state index in [1.54, 1.807) is 12.3 Å².